The first kappa shape index (κ1) is 25.9. The first-order chi connectivity index (χ1) is 11.9. The molecule has 0 saturated carbocycles. The third-order valence-corrected chi connectivity index (χ3v) is 3.09. The van der Waals surface area contributed by atoms with Crippen molar-refractivity contribution in [3.8, 4) is 5.75 Å². The molecule has 1 unspecified atom stereocenters. The first-order valence-corrected chi connectivity index (χ1v) is 6.59. The fraction of sp³-hybridized carbons (Fsp3) is 0.429. The van der Waals surface area contributed by atoms with Crippen LogP contribution in [0.3, 0.4) is 0 Å². The summed E-state index contributed by atoms with van der Waals surface area (Å²) >= 11 is 0. The monoisotopic (exact) mass is 440 g/mol. The lowest BCUT2D eigenvalue weighted by Gasteiger charge is -2.33. The molecule has 1 rings (SSSR count). The van der Waals surface area contributed by atoms with Gasteiger partial charge in [0.2, 0.25) is 0 Å². The largest absolute Gasteiger partial charge is 0.454 e. The van der Waals surface area contributed by atoms with Crippen LogP contribution in [0.25, 0.3) is 0 Å². The van der Waals surface area contributed by atoms with E-state index in [0.29, 0.717) is 0 Å². The number of benzene rings is 1. The van der Waals surface area contributed by atoms with Gasteiger partial charge in [0.1, 0.15) is 11.3 Å². The van der Waals surface area contributed by atoms with Crippen molar-refractivity contribution in [1.82, 2.24) is 0 Å². The molecule has 1 aromatic rings. The Hall–Kier alpha value is -2.15. The average Bonchev–Trinajstić information content (AvgIpc) is 2.42. The number of rotatable bonds is 4. The molecule has 0 bridgehead atoms. The lowest BCUT2D eigenvalue weighted by Crippen LogP contribution is -2.56. The van der Waals surface area contributed by atoms with Crippen LogP contribution in [0.4, 0.5) is 57.4 Å². The molecule has 0 aliphatic carbocycles. The van der Waals surface area contributed by atoms with Crippen LogP contribution in [0.1, 0.15) is 6.92 Å². The standard InChI is InChI=1S/C14H8F12O.FH/c1-10(16,27-7-5-3-2-4-6-7)8(12(18,19)20)9(15)11(17,13(21,22)23)14(24,25)26;/h2-6H,1H3;1H/b9-8+;. The number of hydrogen-bond donors (Lipinski definition) is 0. The Morgan fingerprint density at radius 1 is 0.750 bits per heavy atom. The van der Waals surface area contributed by atoms with E-state index in [1.807, 2.05) is 0 Å². The second-order valence-electron chi connectivity index (χ2n) is 5.17. The van der Waals surface area contributed by atoms with Crippen LogP contribution >= 0.6 is 0 Å². The first-order valence-electron chi connectivity index (χ1n) is 6.59. The maximum absolute atomic E-state index is 14.4. The molecular formula is C14H9F13O. The third kappa shape index (κ3) is 4.82. The van der Waals surface area contributed by atoms with E-state index < -0.39 is 47.2 Å². The number of para-hydroxylation sites is 1. The lowest BCUT2D eigenvalue weighted by atomic mass is 9.95. The molecule has 0 spiro atoms. The SMILES string of the molecule is CC(F)(Oc1ccccc1)/C(=C(\F)C(F)(C(F)(F)F)C(F)(F)F)C(F)(F)F.F. The highest BCUT2D eigenvalue weighted by Gasteiger charge is 2.78. The van der Waals surface area contributed by atoms with Crippen molar-refractivity contribution in [3.05, 3.63) is 41.7 Å². The second-order valence-corrected chi connectivity index (χ2v) is 5.17. The van der Waals surface area contributed by atoms with Crippen LogP contribution in [0.5, 0.6) is 5.75 Å². The molecule has 0 aliphatic rings. The summed E-state index contributed by atoms with van der Waals surface area (Å²) in [6, 6.07) is 4.93. The zero-order chi connectivity index (χ0) is 21.5. The van der Waals surface area contributed by atoms with Crippen molar-refractivity contribution in [2.24, 2.45) is 0 Å². The molecule has 0 amide bonds. The molecule has 0 heterocycles. The maximum Gasteiger partial charge on any atom is 0.438 e. The fourth-order valence-electron chi connectivity index (χ4n) is 1.92. The molecule has 0 aromatic heterocycles. The van der Waals surface area contributed by atoms with Gasteiger partial charge in [-0.15, -0.1) is 0 Å². The van der Waals surface area contributed by atoms with Crippen LogP contribution in [0, 0.1) is 0 Å². The highest BCUT2D eigenvalue weighted by molar-refractivity contribution is 5.33. The van der Waals surface area contributed by atoms with E-state index >= 15 is 0 Å². The molecule has 1 nitrogen and oxygen atoms in total. The number of ether oxygens (including phenoxy) is 1. The minimum atomic E-state index is -7.21. The van der Waals surface area contributed by atoms with Gasteiger partial charge in [-0.2, -0.15) is 43.9 Å². The van der Waals surface area contributed by atoms with Gasteiger partial charge in [-0.1, -0.05) is 18.2 Å². The topological polar surface area (TPSA) is 9.23 Å². The van der Waals surface area contributed by atoms with Gasteiger partial charge in [0.15, 0.2) is 5.83 Å². The Bertz CT molecular complexity index is 668. The van der Waals surface area contributed by atoms with Gasteiger partial charge in [-0.25, -0.2) is 8.78 Å². The van der Waals surface area contributed by atoms with E-state index in [1.165, 1.54) is 6.07 Å². The Labute approximate surface area is 147 Å². The van der Waals surface area contributed by atoms with Gasteiger partial charge < -0.3 is 4.74 Å². The van der Waals surface area contributed by atoms with E-state index in [-0.39, 0.29) is 11.6 Å². The molecule has 0 N–H and O–H groups in total. The van der Waals surface area contributed by atoms with E-state index in [9.17, 15) is 52.7 Å². The van der Waals surface area contributed by atoms with Crippen LogP contribution in [-0.4, -0.2) is 30.1 Å². The summed E-state index contributed by atoms with van der Waals surface area (Å²) < 4.78 is 160. The average molecular weight is 440 g/mol. The molecule has 28 heavy (non-hydrogen) atoms. The van der Waals surface area contributed by atoms with Crippen molar-refractivity contribution in [1.29, 1.82) is 0 Å². The van der Waals surface area contributed by atoms with E-state index in [0.717, 1.165) is 24.3 Å². The number of hydrogen-bond acceptors (Lipinski definition) is 1. The maximum atomic E-state index is 14.4. The van der Waals surface area contributed by atoms with Crippen molar-refractivity contribution in [2.75, 3.05) is 0 Å². The summed E-state index contributed by atoms with van der Waals surface area (Å²) in [6.45, 7) is -0.310. The van der Waals surface area contributed by atoms with Gasteiger partial charge in [0.25, 0.3) is 5.85 Å². The van der Waals surface area contributed by atoms with Gasteiger partial charge in [-0.05, 0) is 12.1 Å². The molecule has 1 aromatic carbocycles. The molecule has 14 heteroatoms. The summed E-state index contributed by atoms with van der Waals surface area (Å²) in [7, 11) is 0. The Kier molecular flexibility index (Phi) is 7.11. The van der Waals surface area contributed by atoms with Gasteiger partial charge in [-0.3, -0.25) is 4.70 Å². The van der Waals surface area contributed by atoms with E-state index in [2.05, 4.69) is 4.74 Å². The predicted molar refractivity (Wildman–Crippen MR) is 69.2 cm³/mol. The minimum Gasteiger partial charge on any atom is -0.454 e. The molecule has 0 radical (unpaired) electrons. The zero-order valence-corrected chi connectivity index (χ0v) is 13.2. The van der Waals surface area contributed by atoms with Gasteiger partial charge in [0, 0.05) is 6.92 Å². The Morgan fingerprint density at radius 2 is 1.14 bits per heavy atom. The van der Waals surface area contributed by atoms with Gasteiger partial charge in [0.05, 0.1) is 0 Å². The molecule has 0 saturated heterocycles. The van der Waals surface area contributed by atoms with Crippen molar-refractivity contribution in [3.63, 3.8) is 0 Å². The summed E-state index contributed by atoms with van der Waals surface area (Å²) in [6.07, 6.45) is -20.9. The smallest absolute Gasteiger partial charge is 0.438 e. The lowest BCUT2D eigenvalue weighted by molar-refractivity contribution is -0.332. The summed E-state index contributed by atoms with van der Waals surface area (Å²) in [5, 5.41) is 0. The third-order valence-electron chi connectivity index (χ3n) is 3.09. The molecule has 0 fully saturated rings. The minimum absolute atomic E-state index is 0. The molecule has 162 valence electrons. The van der Waals surface area contributed by atoms with Crippen molar-refractivity contribution >= 4 is 0 Å². The molecule has 0 aliphatic heterocycles. The molecule has 1 atom stereocenters. The Balaban J connectivity index is 0.00000729. The highest BCUT2D eigenvalue weighted by atomic mass is 19.4. The summed E-state index contributed by atoms with van der Waals surface area (Å²) in [5.74, 6) is -9.91. The van der Waals surface area contributed by atoms with Crippen LogP contribution in [0.2, 0.25) is 0 Å². The van der Waals surface area contributed by atoms with E-state index in [4.69, 9.17) is 0 Å². The number of halogens is 13. The number of allylic oxidation sites excluding steroid dienone is 1. The second kappa shape index (κ2) is 7.70. The zero-order valence-electron chi connectivity index (χ0n) is 13.2. The number of alkyl halides is 11. The van der Waals surface area contributed by atoms with Crippen LogP contribution in [0.15, 0.2) is 41.7 Å². The summed E-state index contributed by atoms with van der Waals surface area (Å²) in [5.41, 5.74) is -10.9. The summed E-state index contributed by atoms with van der Waals surface area (Å²) in [4.78, 5) is 0. The van der Waals surface area contributed by atoms with Crippen molar-refractivity contribution < 1.29 is 62.1 Å². The van der Waals surface area contributed by atoms with Gasteiger partial charge >= 0.3 is 24.2 Å². The predicted octanol–water partition coefficient (Wildman–Crippen LogP) is 6.52. The normalized spacial score (nSPS) is 16.6. The van der Waals surface area contributed by atoms with Crippen LogP contribution < -0.4 is 4.74 Å². The van der Waals surface area contributed by atoms with Crippen LogP contribution in [-0.2, 0) is 0 Å². The highest BCUT2D eigenvalue weighted by Crippen LogP contribution is 2.55. The fourth-order valence-corrected chi connectivity index (χ4v) is 1.92. The Morgan fingerprint density at radius 3 is 1.46 bits per heavy atom. The van der Waals surface area contributed by atoms with E-state index in [1.54, 1.807) is 0 Å². The molecular weight excluding hydrogens is 431 g/mol. The van der Waals surface area contributed by atoms with Crippen molar-refractivity contribution in [2.45, 2.75) is 37.0 Å². The quantitative estimate of drug-likeness (QED) is 0.485.